The van der Waals surface area contributed by atoms with Crippen molar-refractivity contribution in [1.82, 2.24) is 15.1 Å². The third-order valence-electron chi connectivity index (χ3n) is 5.29. The first-order valence-corrected chi connectivity index (χ1v) is 9.54. The molecule has 1 N–H and O–H groups in total. The van der Waals surface area contributed by atoms with Crippen LogP contribution in [0.4, 0.5) is 4.79 Å². The summed E-state index contributed by atoms with van der Waals surface area (Å²) in [6.07, 6.45) is -0.725. The van der Waals surface area contributed by atoms with Crippen molar-refractivity contribution in [3.63, 3.8) is 0 Å². The normalized spacial score (nSPS) is 18.9. The number of imide groups is 2. The van der Waals surface area contributed by atoms with Gasteiger partial charge in [0.15, 0.2) is 6.10 Å². The molecule has 2 aliphatic rings. The molecule has 1 fully saturated rings. The first kappa shape index (κ1) is 20.5. The van der Waals surface area contributed by atoms with Crippen LogP contribution < -0.4 is 5.32 Å². The van der Waals surface area contributed by atoms with Gasteiger partial charge in [-0.3, -0.25) is 24.2 Å². The minimum absolute atomic E-state index is 0.187. The number of rotatable bonds is 6. The number of fused-ring (bicyclic) bond motifs is 1. The van der Waals surface area contributed by atoms with Crippen LogP contribution in [0.15, 0.2) is 24.3 Å². The molecule has 0 bridgehead atoms. The van der Waals surface area contributed by atoms with E-state index in [1.165, 1.54) is 19.1 Å². The molecule has 0 saturated carbocycles. The molecule has 1 aromatic carbocycles. The second-order valence-electron chi connectivity index (χ2n) is 7.16. The van der Waals surface area contributed by atoms with Crippen molar-refractivity contribution in [3.05, 3.63) is 35.4 Å². The van der Waals surface area contributed by atoms with E-state index in [0.29, 0.717) is 13.0 Å². The van der Waals surface area contributed by atoms with E-state index in [-0.39, 0.29) is 23.6 Å². The summed E-state index contributed by atoms with van der Waals surface area (Å²) in [5.41, 5.74) is 0.466. The number of hydrogen-bond acceptors (Lipinski definition) is 6. The number of nitrogens with zero attached hydrogens (tertiary/aromatic N) is 2. The van der Waals surface area contributed by atoms with Gasteiger partial charge in [-0.2, -0.15) is 0 Å². The Morgan fingerprint density at radius 1 is 1.10 bits per heavy atom. The number of nitrogens with one attached hydrogen (secondary N) is 1. The van der Waals surface area contributed by atoms with Gasteiger partial charge >= 0.3 is 12.0 Å². The van der Waals surface area contributed by atoms with Crippen molar-refractivity contribution in [1.29, 1.82) is 0 Å². The van der Waals surface area contributed by atoms with Crippen LogP contribution in [0.2, 0.25) is 0 Å². The van der Waals surface area contributed by atoms with E-state index in [1.54, 1.807) is 19.1 Å². The molecule has 0 spiro atoms. The summed E-state index contributed by atoms with van der Waals surface area (Å²) in [6.45, 7) is 5.44. The van der Waals surface area contributed by atoms with Crippen molar-refractivity contribution in [3.8, 4) is 0 Å². The number of ether oxygens (including phenoxy) is 1. The highest BCUT2D eigenvalue weighted by atomic mass is 16.5. The predicted octanol–water partition coefficient (Wildman–Crippen LogP) is 1.18. The maximum absolute atomic E-state index is 12.9. The Hall–Kier alpha value is -3.23. The van der Waals surface area contributed by atoms with Crippen LogP contribution in [-0.2, 0) is 14.3 Å². The lowest BCUT2D eigenvalue weighted by Gasteiger charge is -2.30. The standard InChI is InChI=1S/C20H23N3O6/c1-4-11(2)15(23-17(25)13-7-5-6-8-14(13)18(23)26)19(27)29-12(3)16(24)22-10-9-21-20(22)28/h5-8,11-12,15H,4,9-10H2,1-3H3,(H,21,28)/t11-,12-,15-/m0/s1. The lowest BCUT2D eigenvalue weighted by Crippen LogP contribution is -2.51. The topological polar surface area (TPSA) is 113 Å². The van der Waals surface area contributed by atoms with Crippen LogP contribution in [0.25, 0.3) is 0 Å². The molecule has 29 heavy (non-hydrogen) atoms. The first-order chi connectivity index (χ1) is 13.8. The van der Waals surface area contributed by atoms with Crippen molar-refractivity contribution in [2.24, 2.45) is 5.92 Å². The first-order valence-electron chi connectivity index (χ1n) is 9.54. The zero-order chi connectivity index (χ0) is 21.3. The SMILES string of the molecule is CC[C@H](C)[C@@H](C(=O)O[C@@H](C)C(=O)N1CCNC1=O)N1C(=O)c2ccccc2C1=O. The Morgan fingerprint density at radius 3 is 2.17 bits per heavy atom. The average molecular weight is 401 g/mol. The van der Waals surface area contributed by atoms with Gasteiger partial charge in [-0.15, -0.1) is 0 Å². The van der Waals surface area contributed by atoms with Crippen LogP contribution in [0, 0.1) is 5.92 Å². The Bertz CT molecular complexity index is 848. The van der Waals surface area contributed by atoms with Gasteiger partial charge < -0.3 is 10.1 Å². The van der Waals surface area contributed by atoms with E-state index in [1.807, 2.05) is 6.92 Å². The Kier molecular flexibility index (Phi) is 5.67. The summed E-state index contributed by atoms with van der Waals surface area (Å²) >= 11 is 0. The monoisotopic (exact) mass is 401 g/mol. The van der Waals surface area contributed by atoms with Crippen LogP contribution in [0.5, 0.6) is 0 Å². The smallest absolute Gasteiger partial charge is 0.330 e. The number of esters is 1. The summed E-state index contributed by atoms with van der Waals surface area (Å²) in [4.78, 5) is 64.6. The number of carbonyl (C=O) groups excluding carboxylic acids is 5. The third kappa shape index (κ3) is 3.59. The fourth-order valence-electron chi connectivity index (χ4n) is 3.47. The molecule has 0 aromatic heterocycles. The van der Waals surface area contributed by atoms with Gasteiger partial charge in [0.1, 0.15) is 6.04 Å². The van der Waals surface area contributed by atoms with E-state index in [9.17, 15) is 24.0 Å². The predicted molar refractivity (Wildman–Crippen MR) is 101 cm³/mol. The molecule has 0 radical (unpaired) electrons. The van der Waals surface area contributed by atoms with Gasteiger partial charge in [0.05, 0.1) is 11.1 Å². The summed E-state index contributed by atoms with van der Waals surface area (Å²) in [7, 11) is 0. The quantitative estimate of drug-likeness (QED) is 0.566. The Labute approximate surface area is 168 Å². The molecule has 3 rings (SSSR count). The molecular formula is C20H23N3O6. The highest BCUT2D eigenvalue weighted by molar-refractivity contribution is 6.22. The Balaban J connectivity index is 1.81. The summed E-state index contributed by atoms with van der Waals surface area (Å²) in [5, 5.41) is 2.50. The van der Waals surface area contributed by atoms with E-state index in [4.69, 9.17) is 4.74 Å². The van der Waals surface area contributed by atoms with Crippen LogP contribution in [0.3, 0.4) is 0 Å². The van der Waals surface area contributed by atoms with Gasteiger partial charge in [0.2, 0.25) is 0 Å². The number of hydrogen-bond donors (Lipinski definition) is 1. The van der Waals surface area contributed by atoms with Crippen molar-refractivity contribution >= 4 is 29.7 Å². The second kappa shape index (κ2) is 8.02. The zero-order valence-corrected chi connectivity index (χ0v) is 16.5. The highest BCUT2D eigenvalue weighted by Gasteiger charge is 2.46. The summed E-state index contributed by atoms with van der Waals surface area (Å²) in [6, 6.07) is 4.64. The minimum Gasteiger partial charge on any atom is -0.451 e. The van der Waals surface area contributed by atoms with Crippen LogP contribution in [0.1, 0.15) is 47.9 Å². The van der Waals surface area contributed by atoms with Crippen LogP contribution in [-0.4, -0.2) is 64.8 Å². The molecule has 1 aromatic rings. The molecule has 2 heterocycles. The van der Waals surface area contributed by atoms with Gasteiger partial charge in [0, 0.05) is 13.1 Å². The Morgan fingerprint density at radius 2 is 1.69 bits per heavy atom. The average Bonchev–Trinajstić information content (AvgIpc) is 3.24. The molecule has 154 valence electrons. The van der Waals surface area contributed by atoms with Crippen molar-refractivity contribution in [2.75, 3.05) is 13.1 Å². The summed E-state index contributed by atoms with van der Waals surface area (Å²) in [5.74, 6) is -3.02. The maximum Gasteiger partial charge on any atom is 0.330 e. The number of carbonyl (C=O) groups is 5. The fraction of sp³-hybridized carbons (Fsp3) is 0.450. The van der Waals surface area contributed by atoms with Gasteiger partial charge in [0.25, 0.3) is 17.7 Å². The van der Waals surface area contributed by atoms with E-state index in [0.717, 1.165) is 9.80 Å². The zero-order valence-electron chi connectivity index (χ0n) is 16.5. The van der Waals surface area contributed by atoms with Crippen molar-refractivity contribution in [2.45, 2.75) is 39.3 Å². The summed E-state index contributed by atoms with van der Waals surface area (Å²) < 4.78 is 5.31. The highest BCUT2D eigenvalue weighted by Crippen LogP contribution is 2.29. The molecule has 2 aliphatic heterocycles. The number of urea groups is 1. The third-order valence-corrected chi connectivity index (χ3v) is 5.29. The molecule has 9 nitrogen and oxygen atoms in total. The van der Waals surface area contributed by atoms with E-state index < -0.39 is 41.9 Å². The maximum atomic E-state index is 12.9. The van der Waals surface area contributed by atoms with Crippen LogP contribution >= 0.6 is 0 Å². The second-order valence-corrected chi connectivity index (χ2v) is 7.16. The van der Waals surface area contributed by atoms with Gasteiger partial charge in [-0.05, 0) is 25.0 Å². The molecule has 3 atom stereocenters. The molecule has 9 heteroatoms. The van der Waals surface area contributed by atoms with E-state index in [2.05, 4.69) is 5.32 Å². The molecule has 0 unspecified atom stereocenters. The molecule has 0 aliphatic carbocycles. The fourth-order valence-corrected chi connectivity index (χ4v) is 3.47. The van der Waals surface area contributed by atoms with E-state index >= 15 is 0 Å². The lowest BCUT2D eigenvalue weighted by molar-refractivity contribution is -0.162. The van der Waals surface area contributed by atoms with Gasteiger partial charge in [-0.1, -0.05) is 32.4 Å². The van der Waals surface area contributed by atoms with Crippen molar-refractivity contribution < 1.29 is 28.7 Å². The molecule has 1 saturated heterocycles. The molecular weight excluding hydrogens is 378 g/mol. The number of amides is 5. The molecule has 5 amide bonds. The number of benzene rings is 1. The lowest BCUT2D eigenvalue weighted by atomic mass is 9.97. The largest absolute Gasteiger partial charge is 0.451 e. The minimum atomic E-state index is -1.23. The van der Waals surface area contributed by atoms with Gasteiger partial charge in [-0.25, -0.2) is 9.59 Å².